The lowest BCUT2D eigenvalue weighted by Crippen LogP contribution is -2.22. The fourth-order valence-electron chi connectivity index (χ4n) is 3.64. The first kappa shape index (κ1) is 21.8. The average molecular weight is 441 g/mol. The molecule has 7 heteroatoms. The van der Waals surface area contributed by atoms with E-state index in [0.29, 0.717) is 28.1 Å². The zero-order chi connectivity index (χ0) is 23.5. The Hall–Kier alpha value is -4.39. The molecular formula is C26H23N3O4. The topological polar surface area (TPSA) is 87.7 Å². The van der Waals surface area contributed by atoms with Crippen LogP contribution in [0.3, 0.4) is 0 Å². The Morgan fingerprint density at radius 2 is 1.64 bits per heavy atom. The number of hydrogen-bond donors (Lipinski definition) is 2. The number of benzene rings is 3. The van der Waals surface area contributed by atoms with Crippen molar-refractivity contribution in [1.29, 1.82) is 0 Å². The Morgan fingerprint density at radius 3 is 2.27 bits per heavy atom. The lowest BCUT2D eigenvalue weighted by atomic mass is 9.99. The minimum Gasteiger partial charge on any atom is -0.465 e. The van der Waals surface area contributed by atoms with Crippen LogP contribution in [0.1, 0.15) is 28.4 Å². The molecule has 1 heterocycles. The van der Waals surface area contributed by atoms with Gasteiger partial charge in [0.1, 0.15) is 0 Å². The van der Waals surface area contributed by atoms with Crippen molar-refractivity contribution in [2.45, 2.75) is 6.92 Å². The van der Waals surface area contributed by atoms with E-state index >= 15 is 0 Å². The molecule has 3 aromatic carbocycles. The van der Waals surface area contributed by atoms with Crippen molar-refractivity contribution >= 4 is 46.1 Å². The van der Waals surface area contributed by atoms with Crippen LogP contribution in [-0.4, -0.2) is 31.9 Å². The van der Waals surface area contributed by atoms with Crippen LogP contribution in [0.5, 0.6) is 0 Å². The molecule has 0 aromatic heterocycles. The molecule has 0 aliphatic carbocycles. The number of nitrogens with one attached hydrogen (secondary N) is 2. The van der Waals surface area contributed by atoms with Gasteiger partial charge in [0.2, 0.25) is 5.91 Å². The zero-order valence-corrected chi connectivity index (χ0v) is 18.5. The SMILES string of the molecule is COC(=O)c1ccc2c(c1)NC(=O)/C2=C(\Nc1ccc(N(C)C(C)=O)cc1)c1ccccc1. The number of amides is 2. The van der Waals surface area contributed by atoms with Gasteiger partial charge in [0, 0.05) is 30.9 Å². The molecule has 4 rings (SSSR count). The number of anilines is 3. The molecule has 2 amide bonds. The first-order valence-electron chi connectivity index (χ1n) is 10.3. The van der Waals surface area contributed by atoms with E-state index in [1.54, 1.807) is 30.1 Å². The average Bonchev–Trinajstić information content (AvgIpc) is 3.17. The van der Waals surface area contributed by atoms with Crippen LogP contribution in [0.4, 0.5) is 17.1 Å². The van der Waals surface area contributed by atoms with Crippen LogP contribution in [0.2, 0.25) is 0 Å². The Balaban J connectivity index is 1.79. The van der Waals surface area contributed by atoms with Crippen LogP contribution in [0, 0.1) is 0 Å². The van der Waals surface area contributed by atoms with Crippen LogP contribution in [0.25, 0.3) is 11.3 Å². The second-order valence-corrected chi connectivity index (χ2v) is 7.57. The maximum Gasteiger partial charge on any atom is 0.337 e. The van der Waals surface area contributed by atoms with Crippen molar-refractivity contribution in [2.24, 2.45) is 0 Å². The molecule has 0 saturated carbocycles. The Bertz CT molecular complexity index is 1260. The highest BCUT2D eigenvalue weighted by Gasteiger charge is 2.29. The fraction of sp³-hybridized carbons (Fsp3) is 0.115. The summed E-state index contributed by atoms with van der Waals surface area (Å²) in [5, 5.41) is 6.23. The summed E-state index contributed by atoms with van der Waals surface area (Å²) in [5.41, 5.74) is 5.05. The molecule has 1 aliphatic heterocycles. The molecule has 1 aliphatic rings. The highest BCUT2D eigenvalue weighted by Crippen LogP contribution is 2.38. The number of hydrogen-bond acceptors (Lipinski definition) is 5. The number of rotatable bonds is 5. The normalized spacial score (nSPS) is 13.6. The molecule has 0 fully saturated rings. The van der Waals surface area contributed by atoms with Crippen LogP contribution in [0.15, 0.2) is 72.8 Å². The molecule has 33 heavy (non-hydrogen) atoms. The van der Waals surface area contributed by atoms with Crippen LogP contribution >= 0.6 is 0 Å². The van der Waals surface area contributed by atoms with Crippen molar-refractivity contribution in [3.8, 4) is 0 Å². The van der Waals surface area contributed by atoms with Crippen molar-refractivity contribution in [2.75, 3.05) is 29.7 Å². The second kappa shape index (κ2) is 9.00. The number of nitrogens with zero attached hydrogens (tertiary/aromatic N) is 1. The van der Waals surface area contributed by atoms with E-state index < -0.39 is 5.97 Å². The lowest BCUT2D eigenvalue weighted by molar-refractivity contribution is -0.116. The van der Waals surface area contributed by atoms with Gasteiger partial charge >= 0.3 is 5.97 Å². The molecule has 0 bridgehead atoms. The van der Waals surface area contributed by atoms with Gasteiger partial charge in [-0.2, -0.15) is 0 Å². The number of carbonyl (C=O) groups excluding carboxylic acids is 3. The monoisotopic (exact) mass is 441 g/mol. The van der Waals surface area contributed by atoms with E-state index in [-0.39, 0.29) is 11.8 Å². The number of carbonyl (C=O) groups is 3. The minimum atomic E-state index is -0.471. The summed E-state index contributed by atoms with van der Waals surface area (Å²) in [5.74, 6) is -0.804. The minimum absolute atomic E-state index is 0.0617. The quantitative estimate of drug-likeness (QED) is 0.453. The van der Waals surface area contributed by atoms with Gasteiger partial charge in [0.05, 0.1) is 29.6 Å². The zero-order valence-electron chi connectivity index (χ0n) is 18.5. The number of methoxy groups -OCH3 is 1. The standard InChI is InChI=1S/C26H23N3O4/c1-16(30)29(2)20-12-10-19(11-13-20)27-24(17-7-5-4-6-8-17)23-21-14-9-18(26(32)33-3)15-22(21)28-25(23)31/h4-15,27H,1-3H3,(H,28,31)/b24-23-. The summed E-state index contributed by atoms with van der Waals surface area (Å²) in [4.78, 5) is 38.1. The maximum atomic E-state index is 13.0. The number of ether oxygens (including phenoxy) is 1. The third kappa shape index (κ3) is 4.34. The van der Waals surface area contributed by atoms with E-state index in [2.05, 4.69) is 10.6 Å². The van der Waals surface area contributed by atoms with Gasteiger partial charge in [-0.25, -0.2) is 4.79 Å². The largest absolute Gasteiger partial charge is 0.465 e. The van der Waals surface area contributed by atoms with Crippen molar-refractivity contribution in [1.82, 2.24) is 0 Å². The van der Waals surface area contributed by atoms with Gasteiger partial charge in [-0.05, 0) is 42.0 Å². The highest BCUT2D eigenvalue weighted by atomic mass is 16.5. The molecule has 0 spiro atoms. The van der Waals surface area contributed by atoms with Gasteiger partial charge < -0.3 is 20.3 Å². The molecular weight excluding hydrogens is 418 g/mol. The smallest absolute Gasteiger partial charge is 0.337 e. The summed E-state index contributed by atoms with van der Waals surface area (Å²) < 4.78 is 4.79. The van der Waals surface area contributed by atoms with Crippen LogP contribution in [-0.2, 0) is 14.3 Å². The van der Waals surface area contributed by atoms with Gasteiger partial charge in [-0.15, -0.1) is 0 Å². The van der Waals surface area contributed by atoms with Crippen molar-refractivity contribution in [3.05, 3.63) is 89.5 Å². The molecule has 3 aromatic rings. The van der Waals surface area contributed by atoms with E-state index in [9.17, 15) is 14.4 Å². The van der Waals surface area contributed by atoms with Gasteiger partial charge in [-0.1, -0.05) is 36.4 Å². The second-order valence-electron chi connectivity index (χ2n) is 7.57. The van der Waals surface area contributed by atoms with Crippen LogP contribution < -0.4 is 15.5 Å². The Labute approximate surface area is 191 Å². The van der Waals surface area contributed by atoms with Gasteiger partial charge in [0.15, 0.2) is 0 Å². The van der Waals surface area contributed by atoms with E-state index in [0.717, 1.165) is 16.9 Å². The fourth-order valence-corrected chi connectivity index (χ4v) is 3.64. The molecule has 0 unspecified atom stereocenters. The van der Waals surface area contributed by atoms with Gasteiger partial charge in [-0.3, -0.25) is 9.59 Å². The summed E-state index contributed by atoms with van der Waals surface area (Å²) in [6, 6.07) is 21.9. The molecule has 0 radical (unpaired) electrons. The summed E-state index contributed by atoms with van der Waals surface area (Å²) >= 11 is 0. The predicted molar refractivity (Wildman–Crippen MR) is 129 cm³/mol. The number of esters is 1. The summed E-state index contributed by atoms with van der Waals surface area (Å²) in [6.45, 7) is 1.51. The van der Waals surface area contributed by atoms with Gasteiger partial charge in [0.25, 0.3) is 5.91 Å². The predicted octanol–water partition coefficient (Wildman–Crippen LogP) is 4.39. The highest BCUT2D eigenvalue weighted by molar-refractivity contribution is 6.37. The molecule has 0 saturated heterocycles. The Morgan fingerprint density at radius 1 is 0.939 bits per heavy atom. The molecule has 2 N–H and O–H groups in total. The Kier molecular flexibility index (Phi) is 5.95. The van der Waals surface area contributed by atoms with Crippen molar-refractivity contribution in [3.63, 3.8) is 0 Å². The molecule has 166 valence electrons. The molecule has 0 atom stereocenters. The lowest BCUT2D eigenvalue weighted by Gasteiger charge is -2.17. The third-order valence-electron chi connectivity index (χ3n) is 5.49. The first-order chi connectivity index (χ1) is 15.9. The van der Waals surface area contributed by atoms with Crippen molar-refractivity contribution < 1.29 is 19.1 Å². The van der Waals surface area contributed by atoms with E-state index in [1.807, 2.05) is 54.6 Å². The summed E-state index contributed by atoms with van der Waals surface area (Å²) in [6.07, 6.45) is 0. The summed E-state index contributed by atoms with van der Waals surface area (Å²) in [7, 11) is 3.03. The van der Waals surface area contributed by atoms with E-state index in [1.165, 1.54) is 14.0 Å². The molecule has 7 nitrogen and oxygen atoms in total. The third-order valence-corrected chi connectivity index (χ3v) is 5.49. The number of fused-ring (bicyclic) bond motifs is 1. The maximum absolute atomic E-state index is 13.0. The van der Waals surface area contributed by atoms with E-state index in [4.69, 9.17) is 4.74 Å². The first-order valence-corrected chi connectivity index (χ1v) is 10.3.